The van der Waals surface area contributed by atoms with Crippen molar-refractivity contribution < 1.29 is 4.39 Å². The van der Waals surface area contributed by atoms with E-state index in [-0.39, 0.29) is 11.2 Å². The van der Waals surface area contributed by atoms with Gasteiger partial charge in [-0.05, 0) is 32.0 Å². The minimum absolute atomic E-state index is 0.139. The largest absolute Gasteiger partial charge is 0.341 e. The topological polar surface area (TPSA) is 40.7 Å². The van der Waals surface area contributed by atoms with E-state index in [0.717, 1.165) is 36.5 Å². The number of hydrogen-bond acceptors (Lipinski definition) is 2. The summed E-state index contributed by atoms with van der Waals surface area (Å²) in [6, 6.07) is 6.60. The highest BCUT2D eigenvalue weighted by atomic mass is 19.1. The van der Waals surface area contributed by atoms with Gasteiger partial charge in [-0.25, -0.2) is 9.37 Å². The number of imidazole rings is 1. The molecule has 0 aliphatic heterocycles. The molecule has 100 valence electrons. The van der Waals surface area contributed by atoms with Gasteiger partial charge in [0, 0.05) is 17.5 Å². The Morgan fingerprint density at radius 3 is 2.89 bits per heavy atom. The van der Waals surface area contributed by atoms with E-state index in [2.05, 4.69) is 15.3 Å². The zero-order chi connectivity index (χ0) is 13.3. The summed E-state index contributed by atoms with van der Waals surface area (Å²) in [5, 5.41) is 3.25. The van der Waals surface area contributed by atoms with Gasteiger partial charge in [-0.3, -0.25) is 0 Å². The molecule has 3 nitrogen and oxygen atoms in total. The van der Waals surface area contributed by atoms with Gasteiger partial charge < -0.3 is 10.3 Å². The molecule has 1 aromatic heterocycles. The van der Waals surface area contributed by atoms with E-state index in [4.69, 9.17) is 0 Å². The fourth-order valence-corrected chi connectivity index (χ4v) is 2.83. The highest BCUT2D eigenvalue weighted by Crippen LogP contribution is 2.42. The summed E-state index contributed by atoms with van der Waals surface area (Å²) >= 11 is 0. The van der Waals surface area contributed by atoms with E-state index >= 15 is 0 Å². The lowest BCUT2D eigenvalue weighted by Gasteiger charge is -2.40. The number of halogens is 1. The molecule has 0 atom stereocenters. The fraction of sp³-hybridized carbons (Fsp3) is 0.400. The number of benzene rings is 1. The van der Waals surface area contributed by atoms with E-state index in [9.17, 15) is 4.39 Å². The minimum Gasteiger partial charge on any atom is -0.341 e. The molecule has 2 N–H and O–H groups in total. The molecule has 0 spiro atoms. The molecule has 1 saturated carbocycles. The highest BCUT2D eigenvalue weighted by molar-refractivity contribution is 5.58. The smallest absolute Gasteiger partial charge is 0.123 e. The van der Waals surface area contributed by atoms with Gasteiger partial charge >= 0.3 is 0 Å². The van der Waals surface area contributed by atoms with Crippen LogP contribution in [0.3, 0.4) is 0 Å². The van der Waals surface area contributed by atoms with E-state index in [0.29, 0.717) is 0 Å². The van der Waals surface area contributed by atoms with E-state index in [1.54, 1.807) is 12.3 Å². The van der Waals surface area contributed by atoms with Crippen molar-refractivity contribution in [1.82, 2.24) is 15.3 Å². The molecule has 0 bridgehead atoms. The average molecular weight is 259 g/mol. The maximum atomic E-state index is 13.2. The number of likely N-dealkylation sites (N-methyl/N-ethyl adjacent to an activating group) is 1. The second-order valence-electron chi connectivity index (χ2n) is 5.32. The van der Waals surface area contributed by atoms with Gasteiger partial charge in [-0.2, -0.15) is 0 Å². The van der Waals surface area contributed by atoms with Crippen LogP contribution in [0.15, 0.2) is 30.5 Å². The van der Waals surface area contributed by atoms with Crippen molar-refractivity contribution in [1.29, 1.82) is 0 Å². The lowest BCUT2D eigenvalue weighted by molar-refractivity contribution is 0.226. The zero-order valence-electron chi connectivity index (χ0n) is 11.0. The maximum absolute atomic E-state index is 13.2. The number of H-pyrrole nitrogens is 1. The molecule has 0 saturated heterocycles. The summed E-state index contributed by atoms with van der Waals surface area (Å²) in [5.41, 5.74) is 1.87. The zero-order valence-corrected chi connectivity index (χ0v) is 11.0. The summed E-state index contributed by atoms with van der Waals surface area (Å²) in [6.45, 7) is 0.934. The van der Waals surface area contributed by atoms with Crippen molar-refractivity contribution in [3.63, 3.8) is 0 Å². The highest BCUT2D eigenvalue weighted by Gasteiger charge is 2.40. The van der Waals surface area contributed by atoms with Crippen molar-refractivity contribution in [2.24, 2.45) is 0 Å². The molecule has 0 unspecified atom stereocenters. The van der Waals surface area contributed by atoms with Crippen molar-refractivity contribution >= 4 is 0 Å². The van der Waals surface area contributed by atoms with Crippen LogP contribution in [0.5, 0.6) is 0 Å². The predicted octanol–water partition coefficient (Wildman–Crippen LogP) is 2.86. The van der Waals surface area contributed by atoms with Gasteiger partial charge in [-0.15, -0.1) is 0 Å². The normalized spacial score (nSPS) is 17.2. The second kappa shape index (κ2) is 4.78. The summed E-state index contributed by atoms with van der Waals surface area (Å²) in [4.78, 5) is 7.88. The fourth-order valence-electron chi connectivity index (χ4n) is 2.83. The van der Waals surface area contributed by atoms with Gasteiger partial charge in [0.1, 0.15) is 11.6 Å². The quantitative estimate of drug-likeness (QED) is 0.886. The SMILES string of the molecule is CNCC1(c2ncc(-c3cccc(F)c3)[nH]2)CCC1. The molecule has 1 aliphatic carbocycles. The Labute approximate surface area is 112 Å². The van der Waals surface area contributed by atoms with Crippen molar-refractivity contribution in [3.05, 3.63) is 42.1 Å². The summed E-state index contributed by atoms with van der Waals surface area (Å²) in [5.74, 6) is 0.801. The molecular formula is C15H18FN3. The van der Waals surface area contributed by atoms with Crippen molar-refractivity contribution in [3.8, 4) is 11.3 Å². The Balaban J connectivity index is 1.91. The van der Waals surface area contributed by atoms with Crippen molar-refractivity contribution in [2.75, 3.05) is 13.6 Å². The van der Waals surface area contributed by atoms with Crippen LogP contribution in [0.4, 0.5) is 4.39 Å². The molecule has 19 heavy (non-hydrogen) atoms. The summed E-state index contributed by atoms with van der Waals surface area (Å²) in [6.07, 6.45) is 5.37. The monoisotopic (exact) mass is 259 g/mol. The van der Waals surface area contributed by atoms with Crippen LogP contribution in [0, 0.1) is 5.82 Å². The molecule has 1 heterocycles. The number of nitrogens with zero attached hydrogens (tertiary/aromatic N) is 1. The lowest BCUT2D eigenvalue weighted by atomic mass is 9.68. The molecule has 4 heteroatoms. The number of aromatic amines is 1. The van der Waals surface area contributed by atoms with Crippen LogP contribution >= 0.6 is 0 Å². The third-order valence-electron chi connectivity index (χ3n) is 4.04. The van der Waals surface area contributed by atoms with E-state index in [1.165, 1.54) is 18.6 Å². The molecule has 0 radical (unpaired) electrons. The Morgan fingerprint density at radius 1 is 1.42 bits per heavy atom. The molecule has 0 amide bonds. The summed E-state index contributed by atoms with van der Waals surface area (Å²) in [7, 11) is 1.97. The van der Waals surface area contributed by atoms with Crippen LogP contribution < -0.4 is 5.32 Å². The number of hydrogen-bond donors (Lipinski definition) is 2. The van der Waals surface area contributed by atoms with Gasteiger partial charge in [0.2, 0.25) is 0 Å². The van der Waals surface area contributed by atoms with Gasteiger partial charge in [0.15, 0.2) is 0 Å². The van der Waals surface area contributed by atoms with Gasteiger partial charge in [0.05, 0.1) is 11.9 Å². The first kappa shape index (κ1) is 12.4. The molecule has 3 rings (SSSR count). The van der Waals surface area contributed by atoms with Crippen LogP contribution in [0.2, 0.25) is 0 Å². The molecule has 1 aliphatic rings. The minimum atomic E-state index is -0.220. The van der Waals surface area contributed by atoms with Gasteiger partial charge in [0.25, 0.3) is 0 Å². The lowest BCUT2D eigenvalue weighted by Crippen LogP contribution is -2.43. The Hall–Kier alpha value is -1.68. The first-order valence-electron chi connectivity index (χ1n) is 6.70. The Kier molecular flexibility index (Phi) is 3.11. The third kappa shape index (κ3) is 2.16. The third-order valence-corrected chi connectivity index (χ3v) is 4.04. The molecular weight excluding hydrogens is 241 g/mol. The average Bonchev–Trinajstić information content (AvgIpc) is 2.83. The standard InChI is InChI=1S/C15H18FN3/c1-17-10-15(6-3-7-15)14-18-9-13(19-14)11-4-2-5-12(16)8-11/h2,4-5,8-9,17H,3,6-7,10H2,1H3,(H,18,19). The van der Waals surface area contributed by atoms with Crippen LogP contribution in [-0.4, -0.2) is 23.6 Å². The van der Waals surface area contributed by atoms with Gasteiger partial charge in [-0.1, -0.05) is 18.6 Å². The van der Waals surface area contributed by atoms with Crippen molar-refractivity contribution in [2.45, 2.75) is 24.7 Å². The Bertz CT molecular complexity index is 572. The Morgan fingerprint density at radius 2 is 2.26 bits per heavy atom. The van der Waals surface area contributed by atoms with Crippen LogP contribution in [-0.2, 0) is 5.41 Å². The second-order valence-corrected chi connectivity index (χ2v) is 5.32. The molecule has 1 fully saturated rings. The predicted molar refractivity (Wildman–Crippen MR) is 73.4 cm³/mol. The van der Waals surface area contributed by atoms with E-state index < -0.39 is 0 Å². The number of nitrogens with one attached hydrogen (secondary N) is 2. The molecule has 2 aromatic rings. The van der Waals surface area contributed by atoms with Crippen LogP contribution in [0.1, 0.15) is 25.1 Å². The van der Waals surface area contributed by atoms with Crippen LogP contribution in [0.25, 0.3) is 11.3 Å². The number of aromatic nitrogens is 2. The maximum Gasteiger partial charge on any atom is 0.123 e. The molecule has 1 aromatic carbocycles. The van der Waals surface area contributed by atoms with E-state index in [1.807, 2.05) is 13.1 Å². The number of rotatable bonds is 4. The summed E-state index contributed by atoms with van der Waals surface area (Å²) < 4.78 is 13.2. The first-order valence-corrected chi connectivity index (χ1v) is 6.70. The first-order chi connectivity index (χ1) is 9.23.